The van der Waals surface area contributed by atoms with E-state index in [-0.39, 0.29) is 0 Å². The lowest BCUT2D eigenvalue weighted by Crippen LogP contribution is -2.16. The number of nitrogens with one attached hydrogen (secondary N) is 1. The summed E-state index contributed by atoms with van der Waals surface area (Å²) in [6.07, 6.45) is 1.04. The molecule has 2 aromatic carbocycles. The Kier molecular flexibility index (Phi) is 4.58. The van der Waals surface area contributed by atoms with Crippen molar-refractivity contribution >= 4 is 0 Å². The van der Waals surface area contributed by atoms with Gasteiger partial charge in [0, 0.05) is 18.5 Å². The average Bonchev–Trinajstić information content (AvgIpc) is 3.42. The third-order valence-electron chi connectivity index (χ3n) is 4.98. The Bertz CT molecular complexity index is 952. The van der Waals surface area contributed by atoms with Crippen LogP contribution in [0.25, 0.3) is 5.69 Å². The number of nitrogens with zero attached hydrogens (tertiary/aromatic N) is 3. The van der Waals surface area contributed by atoms with E-state index in [9.17, 15) is 0 Å². The van der Waals surface area contributed by atoms with E-state index >= 15 is 0 Å². The molecule has 144 valence electrons. The van der Waals surface area contributed by atoms with Crippen molar-refractivity contribution < 1.29 is 14.2 Å². The molecule has 0 bridgehead atoms. The molecule has 0 amide bonds. The third-order valence-corrected chi connectivity index (χ3v) is 4.98. The summed E-state index contributed by atoms with van der Waals surface area (Å²) in [6, 6.07) is 15.6. The van der Waals surface area contributed by atoms with Gasteiger partial charge in [0.25, 0.3) is 0 Å². The molecule has 3 aromatic rings. The molecule has 0 radical (unpaired) electrons. The third kappa shape index (κ3) is 3.41. The van der Waals surface area contributed by atoms with Crippen molar-refractivity contribution in [1.82, 2.24) is 20.1 Å². The molecular weight excluding hydrogens is 356 g/mol. The van der Waals surface area contributed by atoms with Crippen LogP contribution in [0.15, 0.2) is 48.5 Å². The standard InChI is InChI=1S/C21H22N4O3/c1-2-4-17(5-3-1)28-14-20-23-21(15-8-9-22-13-15)25(24-20)16-6-7-18-19(12-16)27-11-10-26-18/h1-7,12,15,22H,8-11,13-14H2/t15-/m1/s1. The average molecular weight is 378 g/mol. The van der Waals surface area contributed by atoms with Crippen LogP contribution in [0.1, 0.15) is 24.0 Å². The summed E-state index contributed by atoms with van der Waals surface area (Å²) in [5, 5.41) is 8.15. The number of benzene rings is 2. The lowest BCUT2D eigenvalue weighted by atomic mass is 10.1. The second-order valence-corrected chi connectivity index (χ2v) is 6.92. The predicted octanol–water partition coefficient (Wildman–Crippen LogP) is 2.69. The smallest absolute Gasteiger partial charge is 0.188 e. The zero-order valence-corrected chi connectivity index (χ0v) is 15.5. The Morgan fingerprint density at radius 3 is 2.75 bits per heavy atom. The van der Waals surface area contributed by atoms with Crippen molar-refractivity contribution in [2.24, 2.45) is 0 Å². The first-order valence-corrected chi connectivity index (χ1v) is 9.61. The zero-order chi connectivity index (χ0) is 18.8. The van der Waals surface area contributed by atoms with E-state index < -0.39 is 0 Å². The van der Waals surface area contributed by atoms with E-state index in [1.165, 1.54) is 0 Å². The molecule has 0 unspecified atom stereocenters. The molecule has 7 nitrogen and oxygen atoms in total. The predicted molar refractivity (Wildman–Crippen MR) is 103 cm³/mol. The first-order chi connectivity index (χ1) is 13.9. The van der Waals surface area contributed by atoms with Gasteiger partial charge in [-0.15, -0.1) is 5.10 Å². The zero-order valence-electron chi connectivity index (χ0n) is 15.5. The van der Waals surface area contributed by atoms with Gasteiger partial charge in [-0.2, -0.15) is 0 Å². The summed E-state index contributed by atoms with van der Waals surface area (Å²) in [5.41, 5.74) is 0.921. The Morgan fingerprint density at radius 2 is 1.93 bits per heavy atom. The van der Waals surface area contributed by atoms with Crippen molar-refractivity contribution in [3.05, 3.63) is 60.2 Å². The molecular formula is C21H22N4O3. The first-order valence-electron chi connectivity index (χ1n) is 9.61. The number of hydrogen-bond donors (Lipinski definition) is 1. The number of aromatic nitrogens is 3. The van der Waals surface area contributed by atoms with Gasteiger partial charge in [0.05, 0.1) is 5.69 Å². The molecule has 0 saturated carbocycles. The largest absolute Gasteiger partial charge is 0.486 e. The van der Waals surface area contributed by atoms with Crippen LogP contribution in [-0.4, -0.2) is 41.1 Å². The molecule has 28 heavy (non-hydrogen) atoms. The lowest BCUT2D eigenvalue weighted by Gasteiger charge is -2.19. The highest BCUT2D eigenvalue weighted by Crippen LogP contribution is 2.33. The maximum atomic E-state index is 5.85. The first kappa shape index (κ1) is 17.1. The second-order valence-electron chi connectivity index (χ2n) is 6.92. The minimum Gasteiger partial charge on any atom is -0.486 e. The second kappa shape index (κ2) is 7.52. The van der Waals surface area contributed by atoms with E-state index in [0.29, 0.717) is 31.6 Å². The molecule has 7 heteroatoms. The summed E-state index contributed by atoms with van der Waals surface area (Å²) in [7, 11) is 0. The van der Waals surface area contributed by atoms with Crippen LogP contribution >= 0.6 is 0 Å². The Labute approximate surface area is 163 Å². The summed E-state index contributed by atoms with van der Waals surface area (Å²) in [6.45, 7) is 3.37. The highest BCUT2D eigenvalue weighted by molar-refractivity contribution is 5.49. The number of ether oxygens (including phenoxy) is 3. The molecule has 2 aliphatic rings. The van der Waals surface area contributed by atoms with Crippen molar-refractivity contribution in [1.29, 1.82) is 0 Å². The van der Waals surface area contributed by atoms with Gasteiger partial charge in [0.15, 0.2) is 17.3 Å². The molecule has 0 aliphatic carbocycles. The van der Waals surface area contributed by atoms with Gasteiger partial charge in [0.1, 0.15) is 31.4 Å². The topological polar surface area (TPSA) is 70.4 Å². The van der Waals surface area contributed by atoms with E-state index in [0.717, 1.165) is 48.3 Å². The van der Waals surface area contributed by atoms with Gasteiger partial charge in [-0.25, -0.2) is 9.67 Å². The number of fused-ring (bicyclic) bond motifs is 1. The quantitative estimate of drug-likeness (QED) is 0.736. The van der Waals surface area contributed by atoms with Gasteiger partial charge in [-0.05, 0) is 37.2 Å². The minimum atomic E-state index is 0.325. The van der Waals surface area contributed by atoms with Crippen molar-refractivity contribution in [3.8, 4) is 22.9 Å². The number of para-hydroxylation sites is 1. The van der Waals surface area contributed by atoms with Crippen LogP contribution in [0.2, 0.25) is 0 Å². The molecule has 3 heterocycles. The fraction of sp³-hybridized carbons (Fsp3) is 0.333. The normalized spacial score (nSPS) is 18.2. The highest BCUT2D eigenvalue weighted by Gasteiger charge is 2.25. The van der Waals surface area contributed by atoms with Gasteiger partial charge < -0.3 is 19.5 Å². The van der Waals surface area contributed by atoms with E-state index in [1.54, 1.807) is 0 Å². The van der Waals surface area contributed by atoms with Crippen molar-refractivity contribution in [3.63, 3.8) is 0 Å². The van der Waals surface area contributed by atoms with Crippen LogP contribution in [0.4, 0.5) is 0 Å². The van der Waals surface area contributed by atoms with Gasteiger partial charge >= 0.3 is 0 Å². The van der Waals surface area contributed by atoms with Crippen LogP contribution in [0, 0.1) is 0 Å². The van der Waals surface area contributed by atoms with Gasteiger partial charge in [-0.3, -0.25) is 0 Å². The molecule has 1 saturated heterocycles. The van der Waals surface area contributed by atoms with E-state index in [2.05, 4.69) is 5.32 Å². The summed E-state index contributed by atoms with van der Waals surface area (Å²) < 4.78 is 19.1. The van der Waals surface area contributed by atoms with Crippen molar-refractivity contribution in [2.45, 2.75) is 18.9 Å². The summed E-state index contributed by atoms with van der Waals surface area (Å²) in [5.74, 6) is 4.27. The molecule has 1 aromatic heterocycles. The Hall–Kier alpha value is -3.06. The van der Waals surface area contributed by atoms with Crippen LogP contribution in [-0.2, 0) is 6.61 Å². The van der Waals surface area contributed by atoms with Gasteiger partial charge in [0.2, 0.25) is 0 Å². The fourth-order valence-corrected chi connectivity index (χ4v) is 3.59. The fourth-order valence-electron chi connectivity index (χ4n) is 3.59. The molecule has 0 spiro atoms. The summed E-state index contributed by atoms with van der Waals surface area (Å²) in [4.78, 5) is 4.81. The summed E-state index contributed by atoms with van der Waals surface area (Å²) >= 11 is 0. The molecule has 2 aliphatic heterocycles. The van der Waals surface area contributed by atoms with Crippen LogP contribution in [0.3, 0.4) is 0 Å². The van der Waals surface area contributed by atoms with Crippen LogP contribution in [0.5, 0.6) is 17.2 Å². The number of rotatable bonds is 5. The SMILES string of the molecule is c1ccc(OCc2nc([C@@H]3CCNC3)n(-c3ccc4c(c3)OCCO4)n2)cc1. The molecule has 1 N–H and O–H groups in total. The highest BCUT2D eigenvalue weighted by atomic mass is 16.6. The minimum absolute atomic E-state index is 0.325. The monoisotopic (exact) mass is 378 g/mol. The molecule has 5 rings (SSSR count). The lowest BCUT2D eigenvalue weighted by molar-refractivity contribution is 0.171. The maximum absolute atomic E-state index is 5.85. The molecule has 1 fully saturated rings. The maximum Gasteiger partial charge on any atom is 0.188 e. The van der Waals surface area contributed by atoms with Crippen molar-refractivity contribution in [2.75, 3.05) is 26.3 Å². The Balaban J connectivity index is 1.46. The Morgan fingerprint density at radius 1 is 1.07 bits per heavy atom. The molecule has 1 atom stereocenters. The number of hydrogen-bond acceptors (Lipinski definition) is 6. The van der Waals surface area contributed by atoms with E-state index in [4.69, 9.17) is 24.3 Å². The van der Waals surface area contributed by atoms with Crippen LogP contribution < -0.4 is 19.5 Å². The van der Waals surface area contributed by atoms with Gasteiger partial charge in [-0.1, -0.05) is 18.2 Å². The van der Waals surface area contributed by atoms with E-state index in [1.807, 2.05) is 53.2 Å².